The summed E-state index contributed by atoms with van der Waals surface area (Å²) in [5.74, 6) is 0.435. The van der Waals surface area contributed by atoms with E-state index in [-0.39, 0.29) is 64.7 Å². The Balaban J connectivity index is 1.55. The lowest BCUT2D eigenvalue weighted by Gasteiger charge is -2.26. The zero-order valence-electron chi connectivity index (χ0n) is 37.1. The van der Waals surface area contributed by atoms with Crippen molar-refractivity contribution in [1.29, 1.82) is 0 Å². The quantitative estimate of drug-likeness (QED) is 0.0743. The molecule has 1 aliphatic rings. The smallest absolute Gasteiger partial charge is 0.305 e. The van der Waals surface area contributed by atoms with Gasteiger partial charge < -0.3 is 67.1 Å². The van der Waals surface area contributed by atoms with Crippen molar-refractivity contribution in [3.63, 3.8) is 0 Å². The van der Waals surface area contributed by atoms with Gasteiger partial charge in [-0.3, -0.25) is 9.59 Å². The molecule has 16 heteroatoms. The van der Waals surface area contributed by atoms with Gasteiger partial charge in [-0.15, -0.1) is 0 Å². The maximum absolute atomic E-state index is 13.6. The van der Waals surface area contributed by atoms with Gasteiger partial charge in [0.15, 0.2) is 11.5 Å². The number of ether oxygens (including phenoxy) is 12. The molecule has 2 aromatic carbocycles. The lowest BCUT2D eigenvalue weighted by Crippen LogP contribution is -2.30. The molecule has 346 valence electrons. The number of amides is 1. The number of hydrogen-bond donors (Lipinski definition) is 1. The van der Waals surface area contributed by atoms with Crippen molar-refractivity contribution in [2.24, 2.45) is 0 Å². The number of piperidine rings is 1. The third-order valence-corrected chi connectivity index (χ3v) is 9.24. The van der Waals surface area contributed by atoms with Gasteiger partial charge in [-0.1, -0.05) is 35.7 Å². The fourth-order valence-corrected chi connectivity index (χ4v) is 6.31. The number of aryl methyl sites for hydroxylation is 2. The minimum atomic E-state index is -0.307. The number of carbonyl (C=O) groups is 2. The number of benzene rings is 2. The summed E-state index contributed by atoms with van der Waals surface area (Å²) in [6.45, 7) is 13.6. The molecule has 1 amide bonds. The first-order chi connectivity index (χ1) is 29.9. The Labute approximate surface area is 363 Å². The van der Waals surface area contributed by atoms with E-state index >= 15 is 0 Å². The summed E-state index contributed by atoms with van der Waals surface area (Å²) in [5, 5.41) is 3.02. The summed E-state index contributed by atoms with van der Waals surface area (Å²) >= 11 is 0. The van der Waals surface area contributed by atoms with Crippen LogP contribution in [-0.2, 0) is 54.0 Å². The van der Waals surface area contributed by atoms with E-state index in [9.17, 15) is 9.59 Å². The van der Waals surface area contributed by atoms with Crippen LogP contribution >= 0.6 is 0 Å². The Bertz CT molecular complexity index is 1440. The van der Waals surface area contributed by atoms with Gasteiger partial charge in [-0.25, -0.2) is 0 Å². The molecule has 1 aliphatic heterocycles. The van der Waals surface area contributed by atoms with Gasteiger partial charge in [0, 0.05) is 32.7 Å². The van der Waals surface area contributed by atoms with Crippen LogP contribution in [0.15, 0.2) is 30.3 Å². The topological polar surface area (TPSA) is 160 Å². The molecule has 0 radical (unpaired) electrons. The molecule has 1 fully saturated rings. The SMILES string of the molecule is COCCOCCOCCOc1cc(C(=O)NCc2cc(C)cc(C)c2)cc(OCCOCCOCCOC(=O)CCCN2CCCCC2)c1OCCOCCOCCOC. The Morgan fingerprint density at radius 1 is 0.557 bits per heavy atom. The highest BCUT2D eigenvalue weighted by Gasteiger charge is 2.20. The second kappa shape index (κ2) is 34.0. The van der Waals surface area contributed by atoms with Crippen LogP contribution in [0.1, 0.15) is 59.2 Å². The molecule has 2 aromatic rings. The van der Waals surface area contributed by atoms with E-state index in [1.807, 2.05) is 26.0 Å². The van der Waals surface area contributed by atoms with Crippen molar-refractivity contribution in [3.05, 3.63) is 52.6 Å². The van der Waals surface area contributed by atoms with Crippen LogP contribution in [0.3, 0.4) is 0 Å². The van der Waals surface area contributed by atoms with Gasteiger partial charge >= 0.3 is 5.97 Å². The van der Waals surface area contributed by atoms with Gasteiger partial charge in [0.25, 0.3) is 5.91 Å². The Morgan fingerprint density at radius 3 is 1.52 bits per heavy atom. The molecule has 3 rings (SSSR count). The summed E-state index contributed by atoms with van der Waals surface area (Å²) in [7, 11) is 3.24. The van der Waals surface area contributed by atoms with E-state index in [0.717, 1.165) is 42.7 Å². The van der Waals surface area contributed by atoms with Crippen molar-refractivity contribution in [3.8, 4) is 17.2 Å². The number of hydrogen-bond acceptors (Lipinski definition) is 15. The molecular weight excluding hydrogens is 792 g/mol. The van der Waals surface area contributed by atoms with Crippen LogP contribution in [0.2, 0.25) is 0 Å². The van der Waals surface area contributed by atoms with Gasteiger partial charge in [0.1, 0.15) is 26.4 Å². The number of nitrogens with zero attached hydrogens (tertiary/aromatic N) is 1. The first-order valence-corrected chi connectivity index (χ1v) is 21.6. The van der Waals surface area contributed by atoms with Crippen LogP contribution in [0.5, 0.6) is 17.2 Å². The highest BCUT2D eigenvalue weighted by Crippen LogP contribution is 2.39. The number of methoxy groups -OCH3 is 2. The van der Waals surface area contributed by atoms with Crippen LogP contribution in [0.25, 0.3) is 0 Å². The van der Waals surface area contributed by atoms with Crippen molar-refractivity contribution in [1.82, 2.24) is 10.2 Å². The highest BCUT2D eigenvalue weighted by molar-refractivity contribution is 5.95. The van der Waals surface area contributed by atoms with Crippen LogP contribution in [0.4, 0.5) is 0 Å². The van der Waals surface area contributed by atoms with Crippen molar-refractivity contribution < 1.29 is 66.4 Å². The van der Waals surface area contributed by atoms with Gasteiger partial charge in [0.2, 0.25) is 5.75 Å². The molecule has 0 saturated carbocycles. The highest BCUT2D eigenvalue weighted by atomic mass is 16.6. The maximum atomic E-state index is 13.6. The molecule has 1 saturated heterocycles. The predicted molar refractivity (Wildman–Crippen MR) is 229 cm³/mol. The van der Waals surface area contributed by atoms with E-state index in [2.05, 4.69) is 16.3 Å². The summed E-state index contributed by atoms with van der Waals surface area (Å²) in [5.41, 5.74) is 3.56. The monoisotopic (exact) mass is 864 g/mol. The third kappa shape index (κ3) is 24.6. The fraction of sp³-hybridized carbons (Fsp3) is 0.689. The van der Waals surface area contributed by atoms with Crippen LogP contribution in [-0.4, -0.2) is 170 Å². The summed E-state index contributed by atoms with van der Waals surface area (Å²) in [6, 6.07) is 9.45. The second-order valence-corrected chi connectivity index (χ2v) is 14.4. The van der Waals surface area contributed by atoms with Crippen LogP contribution < -0.4 is 19.5 Å². The minimum Gasteiger partial charge on any atom is -0.487 e. The third-order valence-electron chi connectivity index (χ3n) is 9.24. The van der Waals surface area contributed by atoms with E-state index in [0.29, 0.717) is 102 Å². The standard InChI is InChI=1S/C45H72N2O14/c1-37-31-38(2)33-39(32-37)36-46-45(49)40-34-41(58-27-23-54-19-17-52-15-13-50-3)44(61-30-26-57-20-18-53-16-14-51-4)42(35-40)59-28-24-55-21-22-56-25-29-60-43(48)9-8-12-47-10-6-5-7-11-47/h31-35H,5-30,36H2,1-4H3,(H,46,49). The molecule has 0 bridgehead atoms. The molecule has 1 N–H and O–H groups in total. The van der Waals surface area contributed by atoms with E-state index < -0.39 is 0 Å². The van der Waals surface area contributed by atoms with Crippen molar-refractivity contribution in [2.45, 2.75) is 52.5 Å². The molecule has 0 spiro atoms. The first-order valence-electron chi connectivity index (χ1n) is 21.6. The van der Waals surface area contributed by atoms with Gasteiger partial charge in [0.05, 0.1) is 92.5 Å². The average molecular weight is 865 g/mol. The molecule has 61 heavy (non-hydrogen) atoms. The average Bonchev–Trinajstić information content (AvgIpc) is 3.25. The number of carbonyl (C=O) groups excluding carboxylic acids is 2. The fourth-order valence-electron chi connectivity index (χ4n) is 6.31. The number of esters is 1. The zero-order chi connectivity index (χ0) is 43.6. The summed E-state index contributed by atoms with van der Waals surface area (Å²) in [6.07, 6.45) is 5.00. The maximum Gasteiger partial charge on any atom is 0.305 e. The molecule has 0 unspecified atom stereocenters. The summed E-state index contributed by atoms with van der Waals surface area (Å²) < 4.78 is 67.6. The predicted octanol–water partition coefficient (Wildman–Crippen LogP) is 4.57. The number of nitrogens with one attached hydrogen (secondary N) is 1. The lowest BCUT2D eigenvalue weighted by molar-refractivity contribution is -0.145. The molecular formula is C45H72N2O14. The Hall–Kier alpha value is -3.58. The molecule has 0 aliphatic carbocycles. The van der Waals surface area contributed by atoms with Crippen molar-refractivity contribution in [2.75, 3.05) is 153 Å². The van der Waals surface area contributed by atoms with Gasteiger partial charge in [-0.2, -0.15) is 0 Å². The van der Waals surface area contributed by atoms with Crippen molar-refractivity contribution >= 4 is 11.9 Å². The molecule has 1 heterocycles. The van der Waals surface area contributed by atoms with E-state index in [4.69, 9.17) is 56.8 Å². The zero-order valence-corrected chi connectivity index (χ0v) is 37.1. The first kappa shape index (κ1) is 51.8. The largest absolute Gasteiger partial charge is 0.487 e. The summed E-state index contributed by atoms with van der Waals surface area (Å²) in [4.78, 5) is 28.1. The minimum absolute atomic E-state index is 0.153. The number of likely N-dealkylation sites (tertiary alicyclic amines) is 1. The molecule has 0 aromatic heterocycles. The molecule has 0 atom stereocenters. The Morgan fingerprint density at radius 2 is 1.02 bits per heavy atom. The lowest BCUT2D eigenvalue weighted by atomic mass is 10.1. The molecule has 16 nitrogen and oxygen atoms in total. The Kier molecular flexibility index (Phi) is 28.8. The number of rotatable bonds is 37. The van der Waals surface area contributed by atoms with Gasteiger partial charge in [-0.05, 0) is 70.4 Å². The van der Waals surface area contributed by atoms with E-state index in [1.54, 1.807) is 26.4 Å². The van der Waals surface area contributed by atoms with Crippen LogP contribution in [0, 0.1) is 13.8 Å². The second-order valence-electron chi connectivity index (χ2n) is 14.4. The normalized spacial score (nSPS) is 13.0. The van der Waals surface area contributed by atoms with E-state index in [1.165, 1.54) is 19.3 Å².